The molecule has 1 N–H and O–H groups in total. The molecule has 0 heterocycles. The van der Waals surface area contributed by atoms with Crippen LogP contribution in [0.2, 0.25) is 0 Å². The zero-order valence-corrected chi connectivity index (χ0v) is 16.6. The second-order valence-corrected chi connectivity index (χ2v) is 6.69. The van der Waals surface area contributed by atoms with Crippen molar-refractivity contribution in [2.24, 2.45) is 0 Å². The van der Waals surface area contributed by atoms with Gasteiger partial charge in [-0.15, -0.1) is 0 Å². The van der Waals surface area contributed by atoms with Gasteiger partial charge in [-0.2, -0.15) is 0 Å². The highest BCUT2D eigenvalue weighted by Crippen LogP contribution is 2.22. The lowest BCUT2D eigenvalue weighted by atomic mass is 10.1. The van der Waals surface area contributed by atoms with Crippen molar-refractivity contribution in [2.75, 3.05) is 23.9 Å². The van der Waals surface area contributed by atoms with Gasteiger partial charge in [-0.05, 0) is 48.9 Å². The molecular weight excluding hydrogens is 364 g/mol. The number of anilines is 2. The van der Waals surface area contributed by atoms with Crippen molar-refractivity contribution in [3.63, 3.8) is 0 Å². The standard InChI is InChI=1S/C24H24N2O3/c1-18(27)22-10-6-7-11-23(22)25-24(28)17-26(16-19-8-4-3-5-9-19)20-12-14-21(29-2)15-13-20/h3-15H,16-17H2,1-2H3,(H,25,28). The number of benzene rings is 3. The highest BCUT2D eigenvalue weighted by Gasteiger charge is 2.15. The monoisotopic (exact) mass is 388 g/mol. The number of nitrogens with one attached hydrogen (secondary N) is 1. The van der Waals surface area contributed by atoms with Crippen LogP contribution < -0.4 is 15.0 Å². The molecule has 0 fully saturated rings. The molecule has 0 radical (unpaired) electrons. The highest BCUT2D eigenvalue weighted by atomic mass is 16.5. The summed E-state index contributed by atoms with van der Waals surface area (Å²) in [4.78, 5) is 26.6. The maximum absolute atomic E-state index is 12.8. The van der Waals surface area contributed by atoms with Gasteiger partial charge in [0.25, 0.3) is 0 Å². The third kappa shape index (κ3) is 5.45. The van der Waals surface area contributed by atoms with Crippen LogP contribution in [0.4, 0.5) is 11.4 Å². The van der Waals surface area contributed by atoms with Gasteiger partial charge in [0.2, 0.25) is 5.91 Å². The Labute approximate surface area is 170 Å². The van der Waals surface area contributed by atoms with Gasteiger partial charge in [0, 0.05) is 17.8 Å². The van der Waals surface area contributed by atoms with Gasteiger partial charge in [-0.1, -0.05) is 42.5 Å². The van der Waals surface area contributed by atoms with Crippen LogP contribution in [0.3, 0.4) is 0 Å². The molecule has 0 unspecified atom stereocenters. The van der Waals surface area contributed by atoms with Gasteiger partial charge in [-0.3, -0.25) is 9.59 Å². The normalized spacial score (nSPS) is 10.3. The summed E-state index contributed by atoms with van der Waals surface area (Å²) in [6.45, 7) is 2.21. The molecule has 3 aromatic rings. The van der Waals surface area contributed by atoms with Gasteiger partial charge in [0.15, 0.2) is 5.78 Å². The second kappa shape index (κ2) is 9.55. The van der Waals surface area contributed by atoms with Crippen LogP contribution in [-0.2, 0) is 11.3 Å². The molecule has 0 saturated carbocycles. The Balaban J connectivity index is 1.80. The molecule has 0 aliphatic rings. The Hall–Kier alpha value is -3.60. The number of carbonyl (C=O) groups excluding carboxylic acids is 2. The van der Waals surface area contributed by atoms with Crippen molar-refractivity contribution < 1.29 is 14.3 Å². The fourth-order valence-corrected chi connectivity index (χ4v) is 3.10. The Bertz CT molecular complexity index is 969. The fraction of sp³-hybridized carbons (Fsp3) is 0.167. The molecule has 148 valence electrons. The smallest absolute Gasteiger partial charge is 0.243 e. The van der Waals surface area contributed by atoms with Crippen molar-refractivity contribution in [3.8, 4) is 5.75 Å². The molecule has 0 bridgehead atoms. The average Bonchev–Trinajstić information content (AvgIpc) is 2.74. The quantitative estimate of drug-likeness (QED) is 0.576. The zero-order chi connectivity index (χ0) is 20.6. The average molecular weight is 388 g/mol. The molecule has 0 saturated heterocycles. The number of ketones is 1. The van der Waals surface area contributed by atoms with Crippen LogP contribution in [0.15, 0.2) is 78.9 Å². The second-order valence-electron chi connectivity index (χ2n) is 6.69. The van der Waals surface area contributed by atoms with Crippen LogP contribution in [0, 0.1) is 0 Å². The first-order valence-corrected chi connectivity index (χ1v) is 9.39. The Morgan fingerprint density at radius 2 is 1.55 bits per heavy atom. The predicted octanol–water partition coefficient (Wildman–Crippen LogP) is 4.54. The third-order valence-electron chi connectivity index (χ3n) is 4.57. The fourth-order valence-electron chi connectivity index (χ4n) is 3.10. The SMILES string of the molecule is COc1ccc(N(CC(=O)Nc2ccccc2C(C)=O)Cc2ccccc2)cc1. The topological polar surface area (TPSA) is 58.6 Å². The number of methoxy groups -OCH3 is 1. The number of hydrogen-bond acceptors (Lipinski definition) is 4. The maximum Gasteiger partial charge on any atom is 0.243 e. The van der Waals surface area contributed by atoms with Crippen molar-refractivity contribution in [1.82, 2.24) is 0 Å². The molecule has 3 aromatic carbocycles. The minimum atomic E-state index is -0.189. The van der Waals surface area contributed by atoms with E-state index in [0.717, 1.165) is 17.0 Å². The van der Waals surface area contributed by atoms with E-state index in [1.807, 2.05) is 59.5 Å². The van der Waals surface area contributed by atoms with E-state index in [1.165, 1.54) is 6.92 Å². The van der Waals surface area contributed by atoms with Crippen LogP contribution >= 0.6 is 0 Å². The van der Waals surface area contributed by atoms with E-state index >= 15 is 0 Å². The van der Waals surface area contributed by atoms with Crippen molar-refractivity contribution >= 4 is 23.1 Å². The number of para-hydroxylation sites is 1. The lowest BCUT2D eigenvalue weighted by Gasteiger charge is -2.25. The molecule has 1 amide bonds. The molecule has 0 aliphatic carbocycles. The van der Waals surface area contributed by atoms with Crippen molar-refractivity contribution in [3.05, 3.63) is 90.0 Å². The van der Waals surface area contributed by atoms with E-state index in [-0.39, 0.29) is 18.2 Å². The van der Waals surface area contributed by atoms with Gasteiger partial charge in [0.1, 0.15) is 5.75 Å². The maximum atomic E-state index is 12.8. The highest BCUT2D eigenvalue weighted by molar-refractivity contribution is 6.04. The summed E-state index contributed by atoms with van der Waals surface area (Å²) in [5.74, 6) is 0.482. The molecule has 5 heteroatoms. The van der Waals surface area contributed by atoms with E-state index in [2.05, 4.69) is 5.32 Å². The number of rotatable bonds is 8. The lowest BCUT2D eigenvalue weighted by Crippen LogP contribution is -2.33. The summed E-state index contributed by atoms with van der Waals surface area (Å²) in [6, 6.07) is 24.6. The van der Waals surface area contributed by atoms with Crippen LogP contribution in [0.1, 0.15) is 22.8 Å². The third-order valence-corrected chi connectivity index (χ3v) is 4.57. The van der Waals surface area contributed by atoms with Gasteiger partial charge in [0.05, 0.1) is 19.3 Å². The predicted molar refractivity (Wildman–Crippen MR) is 116 cm³/mol. The largest absolute Gasteiger partial charge is 0.497 e. The van der Waals surface area contributed by atoms with Gasteiger partial charge < -0.3 is 15.0 Å². The summed E-state index contributed by atoms with van der Waals surface area (Å²) in [5.41, 5.74) is 3.03. The summed E-state index contributed by atoms with van der Waals surface area (Å²) in [6.07, 6.45) is 0. The molecule has 0 aliphatic heterocycles. The lowest BCUT2D eigenvalue weighted by molar-refractivity contribution is -0.115. The molecule has 0 atom stereocenters. The summed E-state index contributed by atoms with van der Waals surface area (Å²) in [5, 5.41) is 2.87. The Morgan fingerprint density at radius 1 is 0.897 bits per heavy atom. The number of hydrogen-bond donors (Lipinski definition) is 1. The first-order valence-electron chi connectivity index (χ1n) is 9.39. The Kier molecular flexibility index (Phi) is 6.63. The molecule has 29 heavy (non-hydrogen) atoms. The molecule has 0 aromatic heterocycles. The van der Waals surface area contributed by atoms with E-state index in [4.69, 9.17) is 4.74 Å². The molecule has 0 spiro atoms. The molecular formula is C24H24N2O3. The van der Waals surface area contributed by atoms with Gasteiger partial charge in [-0.25, -0.2) is 0 Å². The van der Waals surface area contributed by atoms with Crippen LogP contribution in [-0.4, -0.2) is 25.3 Å². The van der Waals surface area contributed by atoms with E-state index < -0.39 is 0 Å². The number of ether oxygens (including phenoxy) is 1. The molecule has 3 rings (SSSR count). The molecule has 5 nitrogen and oxygen atoms in total. The first kappa shape index (κ1) is 20.1. The number of amides is 1. The minimum absolute atomic E-state index is 0.0859. The zero-order valence-electron chi connectivity index (χ0n) is 16.6. The van der Waals surface area contributed by atoms with Crippen molar-refractivity contribution in [2.45, 2.75) is 13.5 Å². The van der Waals surface area contributed by atoms with Crippen LogP contribution in [0.5, 0.6) is 5.75 Å². The first-order chi connectivity index (χ1) is 14.1. The summed E-state index contributed by atoms with van der Waals surface area (Å²) >= 11 is 0. The number of nitrogens with zero attached hydrogens (tertiary/aromatic N) is 1. The Morgan fingerprint density at radius 3 is 2.21 bits per heavy atom. The number of Topliss-reactive ketones (excluding diaryl/α,β-unsaturated/α-hetero) is 1. The van der Waals surface area contributed by atoms with Crippen LogP contribution in [0.25, 0.3) is 0 Å². The summed E-state index contributed by atoms with van der Waals surface area (Å²) in [7, 11) is 1.62. The van der Waals surface area contributed by atoms with Gasteiger partial charge >= 0.3 is 0 Å². The van der Waals surface area contributed by atoms with E-state index in [0.29, 0.717) is 17.8 Å². The van der Waals surface area contributed by atoms with E-state index in [9.17, 15) is 9.59 Å². The van der Waals surface area contributed by atoms with Crippen molar-refractivity contribution in [1.29, 1.82) is 0 Å². The summed E-state index contributed by atoms with van der Waals surface area (Å²) < 4.78 is 5.23. The minimum Gasteiger partial charge on any atom is -0.497 e. The van der Waals surface area contributed by atoms with E-state index in [1.54, 1.807) is 31.4 Å². The number of carbonyl (C=O) groups is 2.